The van der Waals surface area contributed by atoms with Gasteiger partial charge in [-0.15, -0.1) is 0 Å². The fourth-order valence-corrected chi connectivity index (χ4v) is 1.35. The van der Waals surface area contributed by atoms with Gasteiger partial charge in [0.2, 0.25) is 0 Å². The van der Waals surface area contributed by atoms with Gasteiger partial charge >= 0.3 is 0 Å². The molecule has 1 rings (SSSR count). The fourth-order valence-electron chi connectivity index (χ4n) is 1.35. The molecule has 0 fully saturated rings. The van der Waals surface area contributed by atoms with Crippen molar-refractivity contribution in [3.05, 3.63) is 5.69 Å². The topological polar surface area (TPSA) is 76.1 Å². The van der Waals surface area contributed by atoms with Crippen LogP contribution in [0.25, 0.3) is 0 Å². The molecule has 0 aliphatic carbocycles. The number of nitrogens with zero attached hydrogens (tertiary/aromatic N) is 2. The molecule has 5 nitrogen and oxygen atoms in total. The average Bonchev–Trinajstić information content (AvgIpc) is 2.52. The molecule has 1 heterocycles. The normalized spacial score (nSPS) is 12.8. The van der Waals surface area contributed by atoms with E-state index in [2.05, 4.69) is 10.4 Å². The van der Waals surface area contributed by atoms with Crippen molar-refractivity contribution in [2.45, 2.75) is 27.3 Å². The lowest BCUT2D eigenvalue weighted by Crippen LogP contribution is -2.17. The van der Waals surface area contributed by atoms with Crippen molar-refractivity contribution in [3.8, 4) is 0 Å². The number of hydrogen-bond donors (Lipinski definition) is 3. The number of aliphatic hydroxyl groups excluding tert-OH is 1. The Labute approximate surface area is 90.3 Å². The monoisotopic (exact) mass is 212 g/mol. The Kier molecular flexibility index (Phi) is 3.96. The average molecular weight is 212 g/mol. The zero-order chi connectivity index (χ0) is 11.4. The van der Waals surface area contributed by atoms with Gasteiger partial charge in [-0.25, -0.2) is 4.68 Å². The van der Waals surface area contributed by atoms with E-state index < -0.39 is 0 Å². The van der Waals surface area contributed by atoms with Crippen molar-refractivity contribution < 1.29 is 5.11 Å². The van der Waals surface area contributed by atoms with Gasteiger partial charge in [0.1, 0.15) is 5.82 Å². The van der Waals surface area contributed by atoms with E-state index in [9.17, 15) is 0 Å². The lowest BCUT2D eigenvalue weighted by Gasteiger charge is -2.12. The van der Waals surface area contributed by atoms with Crippen molar-refractivity contribution in [2.24, 2.45) is 5.92 Å². The lowest BCUT2D eigenvalue weighted by atomic mass is 10.2. The van der Waals surface area contributed by atoms with Gasteiger partial charge in [-0.2, -0.15) is 5.10 Å². The number of rotatable bonds is 5. The molecule has 0 aliphatic heterocycles. The SMILES string of the molecule is CCn1nc(C)c(N)c1NCC(C)CO. The van der Waals surface area contributed by atoms with Gasteiger partial charge in [0.25, 0.3) is 0 Å². The summed E-state index contributed by atoms with van der Waals surface area (Å²) in [4.78, 5) is 0. The van der Waals surface area contributed by atoms with Gasteiger partial charge in [-0.05, 0) is 19.8 Å². The molecule has 1 atom stereocenters. The molecule has 0 aromatic carbocycles. The summed E-state index contributed by atoms with van der Waals surface area (Å²) < 4.78 is 1.84. The van der Waals surface area contributed by atoms with Gasteiger partial charge in [0.05, 0.1) is 11.4 Å². The van der Waals surface area contributed by atoms with Crippen LogP contribution in [0.15, 0.2) is 0 Å². The molecule has 0 saturated carbocycles. The molecule has 0 aliphatic rings. The molecule has 15 heavy (non-hydrogen) atoms. The number of anilines is 2. The molecule has 0 bridgehead atoms. The Morgan fingerprint density at radius 1 is 1.60 bits per heavy atom. The second-order valence-corrected chi connectivity index (χ2v) is 3.83. The van der Waals surface area contributed by atoms with Crippen LogP contribution in [-0.4, -0.2) is 28.0 Å². The summed E-state index contributed by atoms with van der Waals surface area (Å²) in [5.74, 6) is 1.07. The minimum absolute atomic E-state index is 0.173. The molecule has 1 unspecified atom stereocenters. The van der Waals surface area contributed by atoms with Gasteiger partial charge in [0.15, 0.2) is 0 Å². The molecule has 1 aromatic heterocycles. The molecule has 0 radical (unpaired) electrons. The van der Waals surface area contributed by atoms with E-state index in [1.165, 1.54) is 0 Å². The predicted octanol–water partition coefficient (Wildman–Crippen LogP) is 0.834. The summed E-state index contributed by atoms with van der Waals surface area (Å²) in [7, 11) is 0. The molecule has 0 amide bonds. The number of nitrogens with two attached hydrogens (primary N) is 1. The van der Waals surface area contributed by atoms with Gasteiger partial charge in [0, 0.05) is 19.7 Å². The highest BCUT2D eigenvalue weighted by atomic mass is 16.3. The van der Waals surface area contributed by atoms with Crippen LogP contribution in [0.4, 0.5) is 11.5 Å². The maximum atomic E-state index is 8.92. The largest absolute Gasteiger partial charge is 0.396 e. The minimum atomic E-state index is 0.173. The second-order valence-electron chi connectivity index (χ2n) is 3.83. The molecular weight excluding hydrogens is 192 g/mol. The second kappa shape index (κ2) is 5.02. The van der Waals surface area contributed by atoms with Crippen LogP contribution < -0.4 is 11.1 Å². The molecule has 1 aromatic rings. The third-order valence-corrected chi connectivity index (χ3v) is 2.40. The highest BCUT2D eigenvalue weighted by Crippen LogP contribution is 2.22. The first kappa shape index (κ1) is 11.8. The summed E-state index contributed by atoms with van der Waals surface area (Å²) in [6.45, 7) is 7.54. The summed E-state index contributed by atoms with van der Waals surface area (Å²) in [5.41, 5.74) is 7.44. The zero-order valence-corrected chi connectivity index (χ0v) is 9.62. The Morgan fingerprint density at radius 2 is 2.27 bits per heavy atom. The highest BCUT2D eigenvalue weighted by Gasteiger charge is 2.11. The summed E-state index contributed by atoms with van der Waals surface area (Å²) in [6.07, 6.45) is 0. The quantitative estimate of drug-likeness (QED) is 0.676. The van der Waals surface area contributed by atoms with Gasteiger partial charge in [-0.1, -0.05) is 6.92 Å². The van der Waals surface area contributed by atoms with E-state index in [1.54, 1.807) is 0 Å². The van der Waals surface area contributed by atoms with Crippen LogP contribution in [0.5, 0.6) is 0 Å². The molecule has 5 heteroatoms. The van der Waals surface area contributed by atoms with Crippen molar-refractivity contribution in [1.29, 1.82) is 0 Å². The smallest absolute Gasteiger partial charge is 0.148 e. The maximum absolute atomic E-state index is 8.92. The van der Waals surface area contributed by atoms with Crippen LogP contribution >= 0.6 is 0 Å². The third-order valence-electron chi connectivity index (χ3n) is 2.40. The molecule has 0 saturated heterocycles. The zero-order valence-electron chi connectivity index (χ0n) is 9.62. The highest BCUT2D eigenvalue weighted by molar-refractivity contribution is 5.64. The summed E-state index contributed by atoms with van der Waals surface area (Å²) >= 11 is 0. The van der Waals surface area contributed by atoms with Crippen molar-refractivity contribution in [3.63, 3.8) is 0 Å². The molecular formula is C10H20N4O. The van der Waals surface area contributed by atoms with E-state index in [0.717, 1.165) is 18.1 Å². The fraction of sp³-hybridized carbons (Fsp3) is 0.700. The Morgan fingerprint density at radius 3 is 2.80 bits per heavy atom. The third kappa shape index (κ3) is 2.62. The minimum Gasteiger partial charge on any atom is -0.396 e. The molecule has 0 spiro atoms. The van der Waals surface area contributed by atoms with Crippen LogP contribution in [0, 0.1) is 12.8 Å². The first-order valence-corrected chi connectivity index (χ1v) is 5.27. The summed E-state index contributed by atoms with van der Waals surface area (Å²) in [5, 5.41) is 16.4. The number of aryl methyl sites for hydroxylation is 2. The standard InChI is InChI=1S/C10H20N4O/c1-4-14-10(9(11)8(3)13-14)12-5-7(2)6-15/h7,12,15H,4-6,11H2,1-3H3. The maximum Gasteiger partial charge on any atom is 0.148 e. The Balaban J connectivity index is 2.74. The van der Waals surface area contributed by atoms with Gasteiger partial charge in [-0.3, -0.25) is 0 Å². The van der Waals surface area contributed by atoms with E-state index in [1.807, 2.05) is 25.5 Å². The number of aliphatic hydroxyl groups is 1. The van der Waals surface area contributed by atoms with Crippen molar-refractivity contribution in [1.82, 2.24) is 9.78 Å². The summed E-state index contributed by atoms with van der Waals surface area (Å²) in [6, 6.07) is 0. The van der Waals surface area contributed by atoms with E-state index >= 15 is 0 Å². The number of aromatic nitrogens is 2. The van der Waals surface area contributed by atoms with Gasteiger partial charge < -0.3 is 16.2 Å². The first-order valence-electron chi connectivity index (χ1n) is 5.27. The lowest BCUT2D eigenvalue weighted by molar-refractivity contribution is 0.244. The Hall–Kier alpha value is -1.23. The number of nitrogen functional groups attached to an aromatic ring is 1. The van der Waals surface area contributed by atoms with Crippen molar-refractivity contribution >= 4 is 11.5 Å². The molecule has 86 valence electrons. The first-order chi connectivity index (χ1) is 7.10. The predicted molar refractivity (Wildman–Crippen MR) is 61.8 cm³/mol. The van der Waals surface area contributed by atoms with Crippen LogP contribution in [0.2, 0.25) is 0 Å². The number of hydrogen-bond acceptors (Lipinski definition) is 4. The molecule has 4 N–H and O–H groups in total. The van der Waals surface area contributed by atoms with Crippen LogP contribution in [0.3, 0.4) is 0 Å². The van der Waals surface area contributed by atoms with E-state index in [-0.39, 0.29) is 12.5 Å². The van der Waals surface area contributed by atoms with E-state index in [0.29, 0.717) is 12.2 Å². The number of nitrogens with one attached hydrogen (secondary N) is 1. The van der Waals surface area contributed by atoms with Crippen LogP contribution in [0.1, 0.15) is 19.5 Å². The van der Waals surface area contributed by atoms with Crippen LogP contribution in [-0.2, 0) is 6.54 Å². The van der Waals surface area contributed by atoms with Crippen molar-refractivity contribution in [2.75, 3.05) is 24.2 Å². The van der Waals surface area contributed by atoms with E-state index in [4.69, 9.17) is 10.8 Å². The Bertz CT molecular complexity index is 321.